The van der Waals surface area contributed by atoms with Gasteiger partial charge in [-0.3, -0.25) is 0 Å². The van der Waals surface area contributed by atoms with Crippen molar-refractivity contribution in [1.82, 2.24) is 0 Å². The average Bonchev–Trinajstić information content (AvgIpc) is 2.21. The minimum absolute atomic E-state index is 0.583. The van der Waals surface area contributed by atoms with Crippen molar-refractivity contribution >= 4 is 27.7 Å². The van der Waals surface area contributed by atoms with Crippen molar-refractivity contribution in [3.8, 4) is 0 Å². The molecule has 5 heteroatoms. The lowest BCUT2D eigenvalue weighted by Gasteiger charge is -1.99. The Balaban J connectivity index is 2.24. The van der Waals surface area contributed by atoms with Gasteiger partial charge in [-0.05, 0) is 42.0 Å². The Hall–Kier alpha value is -0.640. The molecule has 0 unspecified atom stereocenters. The molecule has 0 bridgehead atoms. The second-order valence-corrected chi connectivity index (χ2v) is 4.69. The normalized spacial score (nSPS) is 9.50. The zero-order chi connectivity index (χ0) is 10.2. The summed E-state index contributed by atoms with van der Waals surface area (Å²) in [5.41, 5.74) is 8.06. The number of azide groups is 1. The molecule has 14 heavy (non-hydrogen) atoms. The maximum absolute atomic E-state index is 8.06. The van der Waals surface area contributed by atoms with Crippen molar-refractivity contribution in [2.45, 2.75) is 11.3 Å². The Kier molecular flexibility index (Phi) is 5.52. The fourth-order valence-corrected chi connectivity index (χ4v) is 2.00. The number of hydrogen-bond donors (Lipinski definition) is 0. The van der Waals surface area contributed by atoms with Crippen LogP contribution in [0.2, 0.25) is 0 Å². The van der Waals surface area contributed by atoms with Crippen LogP contribution in [-0.4, -0.2) is 12.3 Å². The molecule has 0 heterocycles. The van der Waals surface area contributed by atoms with Gasteiger partial charge in [-0.15, -0.1) is 11.8 Å². The molecule has 0 atom stereocenters. The number of nitrogens with zero attached hydrogens (tertiary/aromatic N) is 3. The lowest BCUT2D eigenvalue weighted by Crippen LogP contribution is -1.83. The van der Waals surface area contributed by atoms with Crippen LogP contribution in [0.4, 0.5) is 0 Å². The highest BCUT2D eigenvalue weighted by atomic mass is 79.9. The molecule has 0 spiro atoms. The molecule has 1 aromatic carbocycles. The van der Waals surface area contributed by atoms with E-state index in [0.717, 1.165) is 16.6 Å². The van der Waals surface area contributed by atoms with Gasteiger partial charge in [0.25, 0.3) is 0 Å². The predicted octanol–water partition coefficient (Wildman–Crippen LogP) is 4.24. The Labute approximate surface area is 95.7 Å². The van der Waals surface area contributed by atoms with Gasteiger partial charge >= 0.3 is 0 Å². The van der Waals surface area contributed by atoms with E-state index in [-0.39, 0.29) is 0 Å². The topological polar surface area (TPSA) is 48.8 Å². The number of benzene rings is 1. The van der Waals surface area contributed by atoms with E-state index in [1.165, 1.54) is 4.90 Å². The van der Waals surface area contributed by atoms with E-state index in [2.05, 4.69) is 38.1 Å². The van der Waals surface area contributed by atoms with Crippen molar-refractivity contribution < 1.29 is 0 Å². The third kappa shape index (κ3) is 4.56. The first-order valence-corrected chi connectivity index (χ1v) is 6.00. The molecule has 0 saturated carbocycles. The van der Waals surface area contributed by atoms with E-state index in [4.69, 9.17) is 5.53 Å². The summed E-state index contributed by atoms with van der Waals surface area (Å²) in [7, 11) is 0. The summed E-state index contributed by atoms with van der Waals surface area (Å²) in [4.78, 5) is 3.95. The zero-order valence-electron chi connectivity index (χ0n) is 7.56. The van der Waals surface area contributed by atoms with Crippen molar-refractivity contribution in [3.63, 3.8) is 0 Å². The maximum atomic E-state index is 8.06. The Bertz CT molecular complexity index is 319. The first kappa shape index (κ1) is 11.4. The standard InChI is InChI=1S/C9H10BrN3S/c10-8-2-4-9(5-3-8)14-7-1-6-12-13-11/h2-5H,1,6-7H2. The minimum Gasteiger partial charge on any atom is -0.126 e. The summed E-state index contributed by atoms with van der Waals surface area (Å²) in [6.45, 7) is 0.583. The average molecular weight is 272 g/mol. The molecule has 0 aromatic heterocycles. The summed E-state index contributed by atoms with van der Waals surface area (Å²) in [5, 5.41) is 3.48. The lowest BCUT2D eigenvalue weighted by atomic mass is 10.4. The van der Waals surface area contributed by atoms with Crippen LogP contribution in [-0.2, 0) is 0 Å². The summed E-state index contributed by atoms with van der Waals surface area (Å²) in [5.74, 6) is 0.987. The van der Waals surface area contributed by atoms with E-state index >= 15 is 0 Å². The molecular formula is C9H10BrN3S. The van der Waals surface area contributed by atoms with Gasteiger partial charge in [-0.1, -0.05) is 21.0 Å². The van der Waals surface area contributed by atoms with E-state index in [1.54, 1.807) is 11.8 Å². The van der Waals surface area contributed by atoms with Crippen LogP contribution >= 0.6 is 27.7 Å². The highest BCUT2D eigenvalue weighted by molar-refractivity contribution is 9.10. The van der Waals surface area contributed by atoms with Crippen LogP contribution < -0.4 is 0 Å². The van der Waals surface area contributed by atoms with Gasteiger partial charge in [0, 0.05) is 20.8 Å². The van der Waals surface area contributed by atoms with E-state index < -0.39 is 0 Å². The highest BCUT2D eigenvalue weighted by Crippen LogP contribution is 2.20. The number of hydrogen-bond acceptors (Lipinski definition) is 2. The fourth-order valence-electron chi connectivity index (χ4n) is 0.901. The van der Waals surface area contributed by atoms with Gasteiger partial charge in [-0.25, -0.2) is 0 Å². The Morgan fingerprint density at radius 1 is 1.36 bits per heavy atom. The van der Waals surface area contributed by atoms with Gasteiger partial charge in [-0.2, -0.15) is 0 Å². The largest absolute Gasteiger partial charge is 0.126 e. The van der Waals surface area contributed by atoms with Crippen molar-refractivity contribution in [1.29, 1.82) is 0 Å². The third-order valence-electron chi connectivity index (χ3n) is 1.55. The van der Waals surface area contributed by atoms with Gasteiger partial charge < -0.3 is 0 Å². The summed E-state index contributed by atoms with van der Waals surface area (Å²) in [6.07, 6.45) is 0.921. The molecule has 74 valence electrons. The number of rotatable bonds is 5. The monoisotopic (exact) mass is 271 g/mol. The van der Waals surface area contributed by atoms with Gasteiger partial charge in [0.1, 0.15) is 0 Å². The molecule has 0 saturated heterocycles. The van der Waals surface area contributed by atoms with E-state index in [0.29, 0.717) is 6.54 Å². The predicted molar refractivity (Wildman–Crippen MR) is 63.5 cm³/mol. The Morgan fingerprint density at radius 2 is 2.07 bits per heavy atom. The molecule has 0 amide bonds. The highest BCUT2D eigenvalue weighted by Gasteiger charge is 1.93. The van der Waals surface area contributed by atoms with Crippen LogP contribution in [0, 0.1) is 0 Å². The van der Waals surface area contributed by atoms with E-state index in [9.17, 15) is 0 Å². The second kappa shape index (κ2) is 6.76. The zero-order valence-corrected chi connectivity index (χ0v) is 9.96. The molecule has 0 aliphatic carbocycles. The van der Waals surface area contributed by atoms with Crippen LogP contribution in [0.25, 0.3) is 10.4 Å². The van der Waals surface area contributed by atoms with Crippen molar-refractivity contribution in [3.05, 3.63) is 39.2 Å². The Morgan fingerprint density at radius 3 is 2.71 bits per heavy atom. The first-order chi connectivity index (χ1) is 6.83. The van der Waals surface area contributed by atoms with Crippen molar-refractivity contribution in [2.75, 3.05) is 12.3 Å². The van der Waals surface area contributed by atoms with Gasteiger partial charge in [0.2, 0.25) is 0 Å². The van der Waals surface area contributed by atoms with Crippen LogP contribution in [0.1, 0.15) is 6.42 Å². The van der Waals surface area contributed by atoms with Gasteiger partial charge in [0.05, 0.1) is 0 Å². The third-order valence-corrected chi connectivity index (χ3v) is 3.18. The van der Waals surface area contributed by atoms with Gasteiger partial charge in [0.15, 0.2) is 0 Å². The molecule has 1 aromatic rings. The molecule has 0 N–H and O–H groups in total. The van der Waals surface area contributed by atoms with Crippen LogP contribution in [0.3, 0.4) is 0 Å². The fraction of sp³-hybridized carbons (Fsp3) is 0.333. The molecule has 1 rings (SSSR count). The summed E-state index contributed by atoms with van der Waals surface area (Å²) in [6, 6.07) is 8.19. The van der Waals surface area contributed by atoms with Crippen LogP contribution in [0.5, 0.6) is 0 Å². The molecule has 0 aliphatic rings. The smallest absolute Gasteiger partial charge is 0.0265 e. The van der Waals surface area contributed by atoms with Crippen LogP contribution in [0.15, 0.2) is 38.7 Å². The minimum atomic E-state index is 0.583. The maximum Gasteiger partial charge on any atom is 0.0265 e. The summed E-state index contributed by atoms with van der Waals surface area (Å²) < 4.78 is 1.09. The van der Waals surface area contributed by atoms with E-state index in [1.807, 2.05) is 12.1 Å². The second-order valence-electron chi connectivity index (χ2n) is 2.61. The quantitative estimate of drug-likeness (QED) is 0.260. The lowest BCUT2D eigenvalue weighted by molar-refractivity contribution is 0.932. The molecule has 0 fully saturated rings. The first-order valence-electron chi connectivity index (χ1n) is 4.22. The molecular weight excluding hydrogens is 262 g/mol. The molecule has 0 aliphatic heterocycles. The number of thioether (sulfide) groups is 1. The van der Waals surface area contributed by atoms with Crippen molar-refractivity contribution in [2.24, 2.45) is 5.11 Å². The molecule has 0 radical (unpaired) electrons. The number of halogens is 1. The molecule has 3 nitrogen and oxygen atoms in total. The summed E-state index contributed by atoms with van der Waals surface area (Å²) >= 11 is 5.16. The SMILES string of the molecule is [N-]=[N+]=NCCCSc1ccc(Br)cc1.